The highest BCUT2D eigenvalue weighted by Gasteiger charge is 1.93. The van der Waals surface area contributed by atoms with Gasteiger partial charge in [0.05, 0.1) is 5.69 Å². The van der Waals surface area contributed by atoms with Crippen molar-refractivity contribution in [2.45, 2.75) is 6.92 Å². The van der Waals surface area contributed by atoms with E-state index in [2.05, 4.69) is 4.99 Å². The van der Waals surface area contributed by atoms with E-state index in [9.17, 15) is 0 Å². The average molecular weight is 211 g/mol. The van der Waals surface area contributed by atoms with Gasteiger partial charge in [-0.25, -0.2) is 0 Å². The predicted octanol–water partition coefficient (Wildman–Crippen LogP) is 3.45. The summed E-state index contributed by atoms with van der Waals surface area (Å²) in [4.78, 5) is 4.40. The number of aromatic hydroxyl groups is 1. The van der Waals surface area contributed by atoms with Crippen molar-refractivity contribution in [2.75, 3.05) is 0 Å². The fraction of sp³-hybridized carbons (Fsp3) is 0.0714. The number of rotatable bonds is 2. The van der Waals surface area contributed by atoms with Crippen LogP contribution in [0.15, 0.2) is 53.5 Å². The number of hydrogen-bond acceptors (Lipinski definition) is 2. The average Bonchev–Trinajstić information content (AvgIpc) is 2.30. The first-order chi connectivity index (χ1) is 7.75. The lowest BCUT2D eigenvalue weighted by atomic mass is 10.2. The van der Waals surface area contributed by atoms with Gasteiger partial charge in [-0.2, -0.15) is 0 Å². The van der Waals surface area contributed by atoms with Crippen molar-refractivity contribution in [1.29, 1.82) is 0 Å². The molecule has 0 saturated heterocycles. The molecule has 2 aromatic rings. The highest BCUT2D eigenvalue weighted by molar-refractivity contribution is 5.82. The minimum absolute atomic E-state index is 0.271. The van der Waals surface area contributed by atoms with Crippen molar-refractivity contribution in [2.24, 2.45) is 4.99 Å². The van der Waals surface area contributed by atoms with E-state index < -0.39 is 0 Å². The molecule has 2 heteroatoms. The van der Waals surface area contributed by atoms with Crippen LogP contribution in [0.4, 0.5) is 5.69 Å². The van der Waals surface area contributed by atoms with E-state index in [0.29, 0.717) is 0 Å². The van der Waals surface area contributed by atoms with Crippen LogP contribution in [0, 0.1) is 6.92 Å². The van der Waals surface area contributed by atoms with E-state index in [1.165, 1.54) is 0 Å². The standard InChI is InChI=1S/C14H13NO/c1-11-4-2-3-5-14(11)15-10-12-6-8-13(16)9-7-12/h2-10,16H,1H3. The van der Waals surface area contributed by atoms with Crippen LogP contribution in [0.1, 0.15) is 11.1 Å². The first-order valence-corrected chi connectivity index (χ1v) is 5.14. The largest absolute Gasteiger partial charge is 0.508 e. The molecule has 0 heterocycles. The second-order valence-electron chi connectivity index (χ2n) is 3.64. The van der Waals surface area contributed by atoms with E-state index in [4.69, 9.17) is 5.11 Å². The quantitative estimate of drug-likeness (QED) is 0.758. The van der Waals surface area contributed by atoms with Gasteiger partial charge in [-0.05, 0) is 48.4 Å². The van der Waals surface area contributed by atoms with Crippen LogP contribution in [0.3, 0.4) is 0 Å². The summed E-state index contributed by atoms with van der Waals surface area (Å²) in [5, 5.41) is 9.14. The molecule has 0 amide bonds. The Hall–Kier alpha value is -2.09. The Kier molecular flexibility index (Phi) is 3.01. The Morgan fingerprint density at radius 1 is 1.00 bits per heavy atom. The Bertz CT molecular complexity index is 500. The maximum atomic E-state index is 9.14. The van der Waals surface area contributed by atoms with E-state index in [0.717, 1.165) is 16.8 Å². The number of nitrogens with zero attached hydrogens (tertiary/aromatic N) is 1. The number of phenols is 1. The van der Waals surface area contributed by atoms with Gasteiger partial charge >= 0.3 is 0 Å². The first-order valence-electron chi connectivity index (χ1n) is 5.14. The zero-order chi connectivity index (χ0) is 11.4. The number of aliphatic imine (C=N–C) groups is 1. The second-order valence-corrected chi connectivity index (χ2v) is 3.64. The normalized spacial score (nSPS) is 10.8. The lowest BCUT2D eigenvalue weighted by molar-refractivity contribution is 0.475. The van der Waals surface area contributed by atoms with Crippen LogP contribution in [0.5, 0.6) is 5.75 Å². The third-order valence-electron chi connectivity index (χ3n) is 2.36. The molecule has 0 aromatic heterocycles. The van der Waals surface area contributed by atoms with Crippen LogP contribution in [0.25, 0.3) is 0 Å². The van der Waals surface area contributed by atoms with Crippen LogP contribution in [-0.2, 0) is 0 Å². The van der Waals surface area contributed by atoms with Crippen molar-refractivity contribution in [1.82, 2.24) is 0 Å². The van der Waals surface area contributed by atoms with Gasteiger partial charge in [0.25, 0.3) is 0 Å². The monoisotopic (exact) mass is 211 g/mol. The number of hydrogen-bond donors (Lipinski definition) is 1. The van der Waals surface area contributed by atoms with Gasteiger partial charge in [0.1, 0.15) is 5.75 Å². The third-order valence-corrected chi connectivity index (χ3v) is 2.36. The fourth-order valence-corrected chi connectivity index (χ4v) is 1.41. The van der Waals surface area contributed by atoms with Crippen LogP contribution in [-0.4, -0.2) is 11.3 Å². The van der Waals surface area contributed by atoms with E-state index in [1.807, 2.05) is 43.3 Å². The zero-order valence-electron chi connectivity index (χ0n) is 9.09. The molecular weight excluding hydrogens is 198 g/mol. The summed E-state index contributed by atoms with van der Waals surface area (Å²) in [7, 11) is 0. The summed E-state index contributed by atoms with van der Waals surface area (Å²) in [6.07, 6.45) is 1.79. The molecular formula is C14H13NO. The fourth-order valence-electron chi connectivity index (χ4n) is 1.41. The topological polar surface area (TPSA) is 32.6 Å². The van der Waals surface area contributed by atoms with Crippen LogP contribution in [0.2, 0.25) is 0 Å². The number of phenolic OH excluding ortho intramolecular Hbond substituents is 1. The SMILES string of the molecule is Cc1ccccc1N=Cc1ccc(O)cc1. The van der Waals surface area contributed by atoms with Crippen molar-refractivity contribution in [3.8, 4) is 5.75 Å². The molecule has 16 heavy (non-hydrogen) atoms. The number of para-hydroxylation sites is 1. The third kappa shape index (κ3) is 2.48. The van der Waals surface area contributed by atoms with E-state index >= 15 is 0 Å². The molecule has 0 bridgehead atoms. The molecule has 0 aliphatic rings. The molecule has 0 fully saturated rings. The minimum Gasteiger partial charge on any atom is -0.508 e. The summed E-state index contributed by atoms with van der Waals surface area (Å²) in [6.45, 7) is 2.03. The molecule has 2 aromatic carbocycles. The van der Waals surface area contributed by atoms with Gasteiger partial charge in [0.15, 0.2) is 0 Å². The van der Waals surface area contributed by atoms with Gasteiger partial charge in [0, 0.05) is 6.21 Å². The van der Waals surface area contributed by atoms with E-state index in [-0.39, 0.29) is 5.75 Å². The molecule has 0 unspecified atom stereocenters. The molecule has 1 N–H and O–H groups in total. The summed E-state index contributed by atoms with van der Waals surface area (Å²) >= 11 is 0. The summed E-state index contributed by atoms with van der Waals surface area (Å²) in [5.74, 6) is 0.271. The van der Waals surface area contributed by atoms with Crippen LogP contribution < -0.4 is 0 Å². The molecule has 0 radical (unpaired) electrons. The highest BCUT2D eigenvalue weighted by Crippen LogP contribution is 2.17. The number of aryl methyl sites for hydroxylation is 1. The predicted molar refractivity (Wildman–Crippen MR) is 66.5 cm³/mol. The molecule has 80 valence electrons. The minimum atomic E-state index is 0.271. The summed E-state index contributed by atoms with van der Waals surface area (Å²) < 4.78 is 0. The van der Waals surface area contributed by atoms with Crippen LogP contribution >= 0.6 is 0 Å². The van der Waals surface area contributed by atoms with Gasteiger partial charge in [-0.3, -0.25) is 4.99 Å². The van der Waals surface area contributed by atoms with Gasteiger partial charge in [-0.1, -0.05) is 18.2 Å². The van der Waals surface area contributed by atoms with Gasteiger partial charge in [0.2, 0.25) is 0 Å². The number of benzene rings is 2. The van der Waals surface area contributed by atoms with Crippen molar-refractivity contribution >= 4 is 11.9 Å². The maximum absolute atomic E-state index is 9.14. The smallest absolute Gasteiger partial charge is 0.115 e. The second kappa shape index (κ2) is 4.62. The summed E-state index contributed by atoms with van der Waals surface area (Å²) in [6, 6.07) is 14.9. The van der Waals surface area contributed by atoms with Gasteiger partial charge in [-0.15, -0.1) is 0 Å². The molecule has 0 aliphatic heterocycles. The Morgan fingerprint density at radius 3 is 2.38 bits per heavy atom. The van der Waals surface area contributed by atoms with E-state index in [1.54, 1.807) is 18.3 Å². The Morgan fingerprint density at radius 2 is 1.69 bits per heavy atom. The molecule has 0 spiro atoms. The summed E-state index contributed by atoms with van der Waals surface area (Å²) in [5.41, 5.74) is 3.09. The molecule has 0 aliphatic carbocycles. The van der Waals surface area contributed by atoms with Crippen molar-refractivity contribution < 1.29 is 5.11 Å². The Labute approximate surface area is 94.9 Å². The molecule has 0 atom stereocenters. The van der Waals surface area contributed by atoms with Crippen molar-refractivity contribution in [3.63, 3.8) is 0 Å². The van der Waals surface area contributed by atoms with Gasteiger partial charge < -0.3 is 5.11 Å². The maximum Gasteiger partial charge on any atom is 0.115 e. The first kappa shape index (κ1) is 10.4. The lowest BCUT2D eigenvalue weighted by Crippen LogP contribution is -1.80. The molecule has 0 saturated carbocycles. The lowest BCUT2D eigenvalue weighted by Gasteiger charge is -1.98. The zero-order valence-corrected chi connectivity index (χ0v) is 9.09. The highest BCUT2D eigenvalue weighted by atomic mass is 16.3. The molecule has 2 rings (SSSR count). The van der Waals surface area contributed by atoms with Crippen molar-refractivity contribution in [3.05, 3.63) is 59.7 Å². The Balaban J connectivity index is 2.21. The molecule has 2 nitrogen and oxygen atoms in total.